The van der Waals surface area contributed by atoms with Crippen LogP contribution in [0.15, 0.2) is 4.99 Å². The molecule has 0 aromatic carbocycles. The van der Waals surface area contributed by atoms with Crippen LogP contribution in [0, 0.1) is 0 Å². The van der Waals surface area contributed by atoms with Crippen LogP contribution in [0.3, 0.4) is 0 Å². The topological polar surface area (TPSA) is 78.1 Å². The Bertz CT molecular complexity index is 570. The van der Waals surface area contributed by atoms with Gasteiger partial charge in [-0.15, -0.1) is 0 Å². The van der Waals surface area contributed by atoms with E-state index < -0.39 is 6.09 Å². The lowest BCUT2D eigenvalue weighted by atomic mass is 10.3. The summed E-state index contributed by atoms with van der Waals surface area (Å²) in [6.45, 7) is 3.01. The summed E-state index contributed by atoms with van der Waals surface area (Å²) >= 11 is 1.38. The first-order chi connectivity index (χ1) is 9.56. The van der Waals surface area contributed by atoms with Gasteiger partial charge in [-0.3, -0.25) is 14.7 Å². The van der Waals surface area contributed by atoms with Gasteiger partial charge in [0, 0.05) is 46.8 Å². The third kappa shape index (κ3) is 2.91. The van der Waals surface area contributed by atoms with Gasteiger partial charge < -0.3 is 14.6 Å². The molecular weight excluding hydrogens is 280 g/mol. The van der Waals surface area contributed by atoms with E-state index in [9.17, 15) is 9.59 Å². The molecule has 110 valence electrons. The van der Waals surface area contributed by atoms with Gasteiger partial charge in [0.05, 0.1) is 10.6 Å². The zero-order valence-electron chi connectivity index (χ0n) is 11.6. The third-order valence-electron chi connectivity index (χ3n) is 3.49. The first kappa shape index (κ1) is 14.7. The van der Waals surface area contributed by atoms with E-state index in [0.717, 1.165) is 16.8 Å². The summed E-state index contributed by atoms with van der Waals surface area (Å²) < 4.78 is 1.93. The minimum atomic E-state index is -0.869. The second kappa shape index (κ2) is 6.19. The quantitative estimate of drug-likeness (QED) is 0.810. The van der Waals surface area contributed by atoms with Crippen molar-refractivity contribution in [3.05, 3.63) is 15.4 Å². The van der Waals surface area contributed by atoms with Crippen LogP contribution in [-0.4, -0.2) is 65.1 Å². The lowest BCUT2D eigenvalue weighted by Gasteiger charge is -2.33. The van der Waals surface area contributed by atoms with Crippen molar-refractivity contribution in [1.82, 2.24) is 14.4 Å². The number of hydrogen-bond donors (Lipinski definition) is 1. The van der Waals surface area contributed by atoms with E-state index in [1.165, 1.54) is 16.2 Å². The van der Waals surface area contributed by atoms with E-state index in [4.69, 9.17) is 5.11 Å². The van der Waals surface area contributed by atoms with Crippen molar-refractivity contribution in [1.29, 1.82) is 0 Å². The normalized spacial score (nSPS) is 17.5. The number of aromatic nitrogens is 1. The third-order valence-corrected chi connectivity index (χ3v) is 4.68. The van der Waals surface area contributed by atoms with E-state index >= 15 is 0 Å². The maximum absolute atomic E-state index is 11.1. The largest absolute Gasteiger partial charge is 0.465 e. The zero-order valence-corrected chi connectivity index (χ0v) is 12.4. The number of nitrogens with zero attached hydrogens (tertiary/aromatic N) is 4. The number of piperazine rings is 1. The van der Waals surface area contributed by atoms with Crippen LogP contribution in [0.4, 0.5) is 4.79 Å². The van der Waals surface area contributed by atoms with E-state index in [-0.39, 0.29) is 0 Å². The molecule has 0 radical (unpaired) electrons. The molecule has 0 spiro atoms. The predicted molar refractivity (Wildman–Crippen MR) is 75.0 cm³/mol. The highest BCUT2D eigenvalue weighted by molar-refractivity contribution is 7.11. The second-order valence-corrected chi connectivity index (χ2v) is 5.65. The van der Waals surface area contributed by atoms with Crippen LogP contribution in [0.1, 0.15) is 15.4 Å². The first-order valence-corrected chi connectivity index (χ1v) is 7.15. The van der Waals surface area contributed by atoms with Crippen LogP contribution in [0.5, 0.6) is 0 Å². The Morgan fingerprint density at radius 1 is 1.40 bits per heavy atom. The van der Waals surface area contributed by atoms with Gasteiger partial charge in [0.2, 0.25) is 0 Å². The second-order valence-electron chi connectivity index (χ2n) is 4.64. The Hall–Kier alpha value is -1.67. The number of carboxylic acid groups (broad SMARTS) is 1. The van der Waals surface area contributed by atoms with Crippen LogP contribution in [0.2, 0.25) is 0 Å². The Morgan fingerprint density at radius 3 is 2.55 bits per heavy atom. The number of hydrogen-bond acceptors (Lipinski definition) is 5. The van der Waals surface area contributed by atoms with Gasteiger partial charge >= 0.3 is 6.09 Å². The Morgan fingerprint density at radius 2 is 2.05 bits per heavy atom. The highest BCUT2D eigenvalue weighted by atomic mass is 32.1. The molecule has 0 aliphatic carbocycles. The van der Waals surface area contributed by atoms with Crippen molar-refractivity contribution in [3.8, 4) is 0 Å². The number of carbonyl (C=O) groups excluding carboxylic acids is 1. The molecular formula is C12H18N4O3S. The molecule has 1 N–H and O–H groups in total. The number of rotatable bonds is 3. The minimum Gasteiger partial charge on any atom is -0.465 e. The maximum Gasteiger partial charge on any atom is 0.407 e. The molecule has 1 aromatic rings. The SMILES string of the molecule is CN=c1sc(C=O)c(CN2CCN(C(=O)O)CC2)n1C. The molecule has 0 bridgehead atoms. The van der Waals surface area contributed by atoms with E-state index in [1.54, 1.807) is 7.05 Å². The lowest BCUT2D eigenvalue weighted by molar-refractivity contribution is 0.102. The van der Waals surface area contributed by atoms with Crippen molar-refractivity contribution in [2.75, 3.05) is 33.2 Å². The van der Waals surface area contributed by atoms with E-state index in [1.807, 2.05) is 11.6 Å². The van der Waals surface area contributed by atoms with Crippen LogP contribution >= 0.6 is 11.3 Å². The fraction of sp³-hybridized carbons (Fsp3) is 0.583. The zero-order chi connectivity index (χ0) is 14.7. The molecule has 20 heavy (non-hydrogen) atoms. The van der Waals surface area contributed by atoms with Gasteiger partial charge in [-0.1, -0.05) is 11.3 Å². The Kier molecular flexibility index (Phi) is 4.56. The monoisotopic (exact) mass is 298 g/mol. The summed E-state index contributed by atoms with van der Waals surface area (Å²) in [4.78, 5) is 31.2. The maximum atomic E-state index is 11.1. The fourth-order valence-corrected chi connectivity index (χ4v) is 3.19. The Balaban J connectivity index is 2.10. The smallest absolute Gasteiger partial charge is 0.407 e. The average Bonchev–Trinajstić information content (AvgIpc) is 2.76. The summed E-state index contributed by atoms with van der Waals surface area (Å²) in [6, 6.07) is 0. The number of aldehydes is 1. The molecule has 1 aliphatic rings. The summed E-state index contributed by atoms with van der Waals surface area (Å²) in [5.41, 5.74) is 0.939. The molecule has 1 fully saturated rings. The molecule has 7 nitrogen and oxygen atoms in total. The molecule has 8 heteroatoms. The molecule has 1 aliphatic heterocycles. The lowest BCUT2D eigenvalue weighted by Crippen LogP contribution is -2.48. The number of thiazole rings is 1. The highest BCUT2D eigenvalue weighted by Crippen LogP contribution is 2.14. The fourth-order valence-electron chi connectivity index (χ4n) is 2.29. The van der Waals surface area contributed by atoms with Gasteiger partial charge in [0.1, 0.15) is 0 Å². The van der Waals surface area contributed by atoms with E-state index in [0.29, 0.717) is 37.6 Å². The number of amides is 1. The molecule has 2 heterocycles. The van der Waals surface area contributed by atoms with Crippen LogP contribution < -0.4 is 4.80 Å². The van der Waals surface area contributed by atoms with Gasteiger partial charge in [0.15, 0.2) is 11.1 Å². The molecule has 0 unspecified atom stereocenters. The van der Waals surface area contributed by atoms with Crippen molar-refractivity contribution in [2.24, 2.45) is 12.0 Å². The predicted octanol–water partition coefficient (Wildman–Crippen LogP) is 0.225. The molecule has 1 amide bonds. The summed E-state index contributed by atoms with van der Waals surface area (Å²) in [6.07, 6.45) is -0.00581. The molecule has 1 saturated heterocycles. The van der Waals surface area contributed by atoms with Crippen molar-refractivity contribution < 1.29 is 14.7 Å². The van der Waals surface area contributed by atoms with Gasteiger partial charge in [-0.25, -0.2) is 4.79 Å². The first-order valence-electron chi connectivity index (χ1n) is 6.33. The molecule has 0 saturated carbocycles. The van der Waals surface area contributed by atoms with Crippen molar-refractivity contribution >= 4 is 23.7 Å². The van der Waals surface area contributed by atoms with E-state index in [2.05, 4.69) is 9.89 Å². The molecule has 2 rings (SSSR count). The van der Waals surface area contributed by atoms with Crippen LogP contribution in [0.25, 0.3) is 0 Å². The van der Waals surface area contributed by atoms with Crippen molar-refractivity contribution in [2.45, 2.75) is 6.54 Å². The Labute approximate surface area is 120 Å². The van der Waals surface area contributed by atoms with Crippen molar-refractivity contribution in [3.63, 3.8) is 0 Å². The highest BCUT2D eigenvalue weighted by Gasteiger charge is 2.22. The molecule has 1 aromatic heterocycles. The van der Waals surface area contributed by atoms with Gasteiger partial charge in [-0.2, -0.15) is 0 Å². The van der Waals surface area contributed by atoms with Gasteiger partial charge in [0.25, 0.3) is 0 Å². The summed E-state index contributed by atoms with van der Waals surface area (Å²) in [7, 11) is 3.60. The summed E-state index contributed by atoms with van der Waals surface area (Å²) in [5.74, 6) is 0. The number of carbonyl (C=O) groups is 2. The minimum absolute atomic E-state index is 0.505. The summed E-state index contributed by atoms with van der Waals surface area (Å²) in [5, 5.41) is 8.92. The average molecular weight is 298 g/mol. The standard InChI is InChI=1S/C12H18N4O3S/c1-13-11-14(2)9(10(8-17)20-11)7-15-3-5-16(6-4-15)12(18)19/h8H,3-7H2,1-2H3,(H,18,19). The van der Waals surface area contributed by atoms with Gasteiger partial charge in [-0.05, 0) is 0 Å². The molecule has 0 atom stereocenters. The van der Waals surface area contributed by atoms with Crippen LogP contribution in [-0.2, 0) is 13.6 Å².